The van der Waals surface area contributed by atoms with Crippen LogP contribution in [0.1, 0.15) is 25.8 Å². The lowest BCUT2D eigenvalue weighted by Gasteiger charge is -2.25. The molecule has 3 heteroatoms. The molecular formula is C15H21NOS. The molecule has 0 aliphatic rings. The van der Waals surface area contributed by atoms with Crippen LogP contribution >= 0.6 is 11.3 Å². The maximum absolute atomic E-state index is 8.78. The molecule has 0 aliphatic carbocycles. The summed E-state index contributed by atoms with van der Waals surface area (Å²) >= 11 is 1.82. The summed E-state index contributed by atoms with van der Waals surface area (Å²) in [5, 5.41) is 15.9. The van der Waals surface area contributed by atoms with Gasteiger partial charge in [-0.1, -0.05) is 32.0 Å². The number of aliphatic hydroxyl groups is 1. The first kappa shape index (κ1) is 13.5. The van der Waals surface area contributed by atoms with Gasteiger partial charge in [-0.3, -0.25) is 0 Å². The van der Waals surface area contributed by atoms with Crippen molar-refractivity contribution in [3.8, 4) is 0 Å². The molecule has 2 N–H and O–H groups in total. The number of thiophene rings is 1. The molecule has 98 valence electrons. The van der Waals surface area contributed by atoms with E-state index < -0.39 is 0 Å². The third-order valence-corrected chi connectivity index (χ3v) is 4.25. The van der Waals surface area contributed by atoms with Crippen molar-refractivity contribution in [2.24, 2.45) is 0 Å². The fourth-order valence-corrected chi connectivity index (χ4v) is 3.35. The molecule has 1 aromatic carbocycles. The Bertz CT molecular complexity index is 504. The number of aliphatic hydroxyl groups excluding tert-OH is 1. The maximum atomic E-state index is 8.78. The lowest BCUT2D eigenvalue weighted by atomic mass is 9.84. The highest BCUT2D eigenvalue weighted by molar-refractivity contribution is 7.17. The molecule has 0 saturated heterocycles. The molecule has 0 amide bonds. The van der Waals surface area contributed by atoms with E-state index in [2.05, 4.69) is 48.8 Å². The Morgan fingerprint density at radius 2 is 2.06 bits per heavy atom. The molecule has 0 aliphatic heterocycles. The minimum absolute atomic E-state index is 0.120. The van der Waals surface area contributed by atoms with Crippen molar-refractivity contribution in [3.63, 3.8) is 0 Å². The van der Waals surface area contributed by atoms with Crippen LogP contribution in [0.4, 0.5) is 0 Å². The Balaban J connectivity index is 2.13. The van der Waals surface area contributed by atoms with Crippen molar-refractivity contribution in [3.05, 3.63) is 35.2 Å². The van der Waals surface area contributed by atoms with Crippen LogP contribution in [0.5, 0.6) is 0 Å². The maximum Gasteiger partial charge on any atom is 0.0443 e. The molecule has 2 aromatic rings. The molecule has 0 spiro atoms. The fraction of sp³-hybridized carbons (Fsp3) is 0.467. The Labute approximate surface area is 113 Å². The topological polar surface area (TPSA) is 32.3 Å². The number of benzene rings is 1. The van der Waals surface area contributed by atoms with Crippen molar-refractivity contribution in [2.75, 3.05) is 19.7 Å². The molecule has 0 unspecified atom stereocenters. The summed E-state index contributed by atoms with van der Waals surface area (Å²) < 4.78 is 1.36. The molecule has 2 rings (SSSR count). The van der Waals surface area contributed by atoms with Crippen LogP contribution in [-0.4, -0.2) is 24.8 Å². The van der Waals surface area contributed by atoms with Crippen molar-refractivity contribution < 1.29 is 5.11 Å². The predicted octanol–water partition coefficient (Wildman–Crippen LogP) is 3.15. The summed E-state index contributed by atoms with van der Waals surface area (Å²) in [6, 6.07) is 8.58. The second-order valence-corrected chi connectivity index (χ2v) is 6.19. The molecule has 1 aromatic heterocycles. The highest BCUT2D eigenvalue weighted by atomic mass is 32.1. The average molecular weight is 263 g/mol. The first-order chi connectivity index (χ1) is 8.65. The Kier molecular flexibility index (Phi) is 4.38. The molecule has 2 nitrogen and oxygen atoms in total. The van der Waals surface area contributed by atoms with Gasteiger partial charge in [0.25, 0.3) is 0 Å². The summed E-state index contributed by atoms with van der Waals surface area (Å²) in [6.07, 6.45) is 0.820. The van der Waals surface area contributed by atoms with Crippen molar-refractivity contribution >= 4 is 21.4 Å². The number of hydrogen-bond donors (Lipinski definition) is 2. The van der Waals surface area contributed by atoms with Gasteiger partial charge in [-0.05, 0) is 35.4 Å². The molecule has 0 saturated carbocycles. The SMILES string of the molecule is CC(C)(CNCCCO)c1csc2ccccc12. The van der Waals surface area contributed by atoms with E-state index in [0.29, 0.717) is 0 Å². The van der Waals surface area contributed by atoms with Crippen LogP contribution in [0, 0.1) is 0 Å². The van der Waals surface area contributed by atoms with E-state index in [9.17, 15) is 0 Å². The van der Waals surface area contributed by atoms with Gasteiger partial charge < -0.3 is 10.4 Å². The first-order valence-corrected chi connectivity index (χ1v) is 7.31. The van der Waals surface area contributed by atoms with Gasteiger partial charge in [-0.25, -0.2) is 0 Å². The zero-order chi connectivity index (χ0) is 13.0. The van der Waals surface area contributed by atoms with E-state index in [-0.39, 0.29) is 12.0 Å². The summed E-state index contributed by atoms with van der Waals surface area (Å²) in [6.45, 7) is 6.62. The van der Waals surface area contributed by atoms with Crippen LogP contribution < -0.4 is 5.32 Å². The van der Waals surface area contributed by atoms with E-state index in [1.165, 1.54) is 15.6 Å². The minimum atomic E-state index is 0.120. The monoisotopic (exact) mass is 263 g/mol. The molecule has 1 heterocycles. The van der Waals surface area contributed by atoms with E-state index in [0.717, 1.165) is 19.5 Å². The largest absolute Gasteiger partial charge is 0.396 e. The van der Waals surface area contributed by atoms with Crippen molar-refractivity contribution in [1.29, 1.82) is 0 Å². The van der Waals surface area contributed by atoms with Crippen LogP contribution in [0.25, 0.3) is 10.1 Å². The smallest absolute Gasteiger partial charge is 0.0443 e. The Hall–Kier alpha value is -0.900. The fourth-order valence-electron chi connectivity index (χ4n) is 2.20. The third-order valence-electron chi connectivity index (χ3n) is 3.29. The number of hydrogen-bond acceptors (Lipinski definition) is 3. The van der Waals surface area contributed by atoms with Gasteiger partial charge in [0, 0.05) is 23.3 Å². The average Bonchev–Trinajstić information content (AvgIpc) is 2.79. The van der Waals surface area contributed by atoms with Gasteiger partial charge in [0.15, 0.2) is 0 Å². The van der Waals surface area contributed by atoms with Crippen molar-refractivity contribution in [1.82, 2.24) is 5.32 Å². The number of nitrogens with one attached hydrogen (secondary N) is 1. The summed E-state index contributed by atoms with van der Waals surface area (Å²) in [5.41, 5.74) is 1.54. The van der Waals surface area contributed by atoms with Crippen LogP contribution in [-0.2, 0) is 5.41 Å². The normalized spacial score (nSPS) is 12.2. The van der Waals surface area contributed by atoms with E-state index in [1.54, 1.807) is 0 Å². The zero-order valence-corrected chi connectivity index (χ0v) is 11.9. The first-order valence-electron chi connectivity index (χ1n) is 6.43. The molecule has 0 atom stereocenters. The second-order valence-electron chi connectivity index (χ2n) is 5.28. The molecule has 18 heavy (non-hydrogen) atoms. The Morgan fingerprint density at radius 3 is 2.83 bits per heavy atom. The standard InChI is InChI=1S/C15H21NOS/c1-15(2,11-16-8-5-9-17)13-10-18-14-7-4-3-6-12(13)14/h3-4,6-7,10,16-17H,5,8-9,11H2,1-2H3. The number of fused-ring (bicyclic) bond motifs is 1. The predicted molar refractivity (Wildman–Crippen MR) is 79.4 cm³/mol. The van der Waals surface area contributed by atoms with Gasteiger partial charge >= 0.3 is 0 Å². The lowest BCUT2D eigenvalue weighted by Crippen LogP contribution is -2.33. The molecule has 0 bridgehead atoms. The van der Waals surface area contributed by atoms with Gasteiger partial charge in [-0.2, -0.15) is 0 Å². The van der Waals surface area contributed by atoms with Gasteiger partial charge in [0.2, 0.25) is 0 Å². The van der Waals surface area contributed by atoms with Crippen LogP contribution in [0.2, 0.25) is 0 Å². The zero-order valence-electron chi connectivity index (χ0n) is 11.1. The highest BCUT2D eigenvalue weighted by Crippen LogP contribution is 2.34. The van der Waals surface area contributed by atoms with E-state index >= 15 is 0 Å². The third kappa shape index (κ3) is 2.91. The van der Waals surface area contributed by atoms with Crippen LogP contribution in [0.3, 0.4) is 0 Å². The van der Waals surface area contributed by atoms with Crippen molar-refractivity contribution in [2.45, 2.75) is 25.7 Å². The van der Waals surface area contributed by atoms with Gasteiger partial charge in [0.1, 0.15) is 0 Å². The lowest BCUT2D eigenvalue weighted by molar-refractivity contribution is 0.284. The second kappa shape index (κ2) is 5.83. The molecule has 0 fully saturated rings. The summed E-state index contributed by atoms with van der Waals surface area (Å²) in [5.74, 6) is 0. The molecular weight excluding hydrogens is 242 g/mol. The summed E-state index contributed by atoms with van der Waals surface area (Å²) in [4.78, 5) is 0. The van der Waals surface area contributed by atoms with Gasteiger partial charge in [0.05, 0.1) is 0 Å². The Morgan fingerprint density at radius 1 is 1.28 bits per heavy atom. The number of rotatable bonds is 6. The van der Waals surface area contributed by atoms with E-state index in [1.807, 2.05) is 11.3 Å². The van der Waals surface area contributed by atoms with Crippen LogP contribution in [0.15, 0.2) is 29.6 Å². The highest BCUT2D eigenvalue weighted by Gasteiger charge is 2.23. The quantitative estimate of drug-likeness (QED) is 0.785. The molecule has 0 radical (unpaired) electrons. The minimum Gasteiger partial charge on any atom is -0.396 e. The van der Waals surface area contributed by atoms with Gasteiger partial charge in [-0.15, -0.1) is 11.3 Å². The van der Waals surface area contributed by atoms with E-state index in [4.69, 9.17) is 5.11 Å². The summed E-state index contributed by atoms with van der Waals surface area (Å²) in [7, 11) is 0.